The first-order valence-electron chi connectivity index (χ1n) is 5.43. The Morgan fingerprint density at radius 2 is 2.12 bits per heavy atom. The smallest absolute Gasteiger partial charge is 0.255 e. The van der Waals surface area contributed by atoms with E-state index in [4.69, 9.17) is 16.3 Å². The van der Waals surface area contributed by atoms with Crippen LogP contribution in [0.4, 0.5) is 4.39 Å². The predicted octanol–water partition coefficient (Wildman–Crippen LogP) is 2.95. The van der Waals surface area contributed by atoms with E-state index in [2.05, 4.69) is 19.6 Å². The van der Waals surface area contributed by atoms with Crippen LogP contribution in [0.25, 0.3) is 0 Å². The van der Waals surface area contributed by atoms with Crippen molar-refractivity contribution in [3.05, 3.63) is 33.5 Å². The molecule has 0 N–H and O–H groups in total. The van der Waals surface area contributed by atoms with Gasteiger partial charge in [-0.25, -0.2) is 4.39 Å². The quantitative estimate of drug-likeness (QED) is 0.612. The Labute approximate surface area is 106 Å². The lowest BCUT2D eigenvalue weighted by Gasteiger charge is -2.15. The van der Waals surface area contributed by atoms with Gasteiger partial charge in [0.2, 0.25) is 0 Å². The first kappa shape index (κ1) is 14.4. The molecule has 1 aromatic heterocycles. The number of rotatable bonds is 5. The van der Waals surface area contributed by atoms with E-state index in [-0.39, 0.29) is 11.8 Å². The van der Waals surface area contributed by atoms with Crippen LogP contribution in [0.3, 0.4) is 0 Å². The molecule has 6 heteroatoms. The number of pyridine rings is 1. The van der Waals surface area contributed by atoms with Crippen molar-refractivity contribution in [3.8, 4) is 0 Å². The van der Waals surface area contributed by atoms with Gasteiger partial charge in [0.05, 0.1) is 5.02 Å². The van der Waals surface area contributed by atoms with Crippen LogP contribution in [0.15, 0.2) is 17.1 Å². The third-order valence-electron chi connectivity index (χ3n) is 2.26. The summed E-state index contributed by atoms with van der Waals surface area (Å²) in [5.41, 5.74) is -0.445. The van der Waals surface area contributed by atoms with E-state index in [0.717, 1.165) is 12.1 Å². The molecular formula is C11H17ClFNO2Si. The summed E-state index contributed by atoms with van der Waals surface area (Å²) < 4.78 is 19.6. The van der Waals surface area contributed by atoms with Gasteiger partial charge in [0, 0.05) is 26.9 Å². The fourth-order valence-electron chi connectivity index (χ4n) is 1.16. The number of hydrogen-bond donors (Lipinski definition) is 0. The van der Waals surface area contributed by atoms with E-state index in [1.54, 1.807) is 0 Å². The minimum absolute atomic E-state index is 0.0709. The van der Waals surface area contributed by atoms with Crippen LogP contribution in [0.2, 0.25) is 30.7 Å². The summed E-state index contributed by atoms with van der Waals surface area (Å²) in [5.74, 6) is -0.699. The number of ether oxygens (including phenoxy) is 1. The molecule has 0 bridgehead atoms. The highest BCUT2D eigenvalue weighted by Crippen LogP contribution is 2.11. The average Bonchev–Trinajstić information content (AvgIpc) is 2.18. The molecule has 0 aliphatic heterocycles. The van der Waals surface area contributed by atoms with Gasteiger partial charge >= 0.3 is 0 Å². The van der Waals surface area contributed by atoms with E-state index >= 15 is 0 Å². The third-order valence-corrected chi connectivity index (χ3v) is 4.24. The summed E-state index contributed by atoms with van der Waals surface area (Å²) in [7, 11) is -1.13. The summed E-state index contributed by atoms with van der Waals surface area (Å²) in [4.78, 5) is 11.4. The van der Waals surface area contributed by atoms with Crippen LogP contribution < -0.4 is 5.56 Å². The topological polar surface area (TPSA) is 31.2 Å². The molecule has 1 aromatic rings. The Balaban J connectivity index is 2.53. The van der Waals surface area contributed by atoms with E-state index < -0.39 is 19.5 Å². The van der Waals surface area contributed by atoms with Crippen molar-refractivity contribution >= 4 is 19.7 Å². The van der Waals surface area contributed by atoms with Crippen LogP contribution in [0.1, 0.15) is 0 Å². The predicted molar refractivity (Wildman–Crippen MR) is 69.8 cm³/mol. The van der Waals surface area contributed by atoms with Gasteiger partial charge < -0.3 is 4.74 Å². The lowest BCUT2D eigenvalue weighted by molar-refractivity contribution is 0.0846. The normalized spacial score (nSPS) is 11.8. The summed E-state index contributed by atoms with van der Waals surface area (Å²) >= 11 is 5.59. The SMILES string of the molecule is C[Si](C)(C)CCOCn1cc(Cl)c(F)cc1=O. The van der Waals surface area contributed by atoms with E-state index in [1.807, 2.05) is 0 Å². The van der Waals surface area contributed by atoms with Crippen LogP contribution in [0.5, 0.6) is 0 Å². The Morgan fingerprint density at radius 1 is 1.47 bits per heavy atom. The molecular weight excluding hydrogens is 261 g/mol. The fourth-order valence-corrected chi connectivity index (χ4v) is 2.09. The maximum Gasteiger partial charge on any atom is 0.255 e. The minimum atomic E-state index is -1.13. The zero-order chi connectivity index (χ0) is 13.1. The lowest BCUT2D eigenvalue weighted by Crippen LogP contribution is -2.24. The molecule has 0 atom stereocenters. The Morgan fingerprint density at radius 3 is 2.71 bits per heavy atom. The second kappa shape index (κ2) is 5.80. The standard InChI is InChI=1S/C11H17ClFNO2Si/c1-17(2,3)5-4-16-8-14-7-9(12)10(13)6-11(14)15/h6-7H,4-5,8H2,1-3H3. The molecule has 0 unspecified atom stereocenters. The van der Waals surface area contributed by atoms with Crippen molar-refractivity contribution in [1.82, 2.24) is 4.57 Å². The molecule has 0 radical (unpaired) electrons. The molecule has 17 heavy (non-hydrogen) atoms. The Hall–Kier alpha value is -0.653. The van der Waals surface area contributed by atoms with Crippen LogP contribution in [-0.2, 0) is 11.5 Å². The van der Waals surface area contributed by atoms with Gasteiger partial charge in [0.15, 0.2) is 0 Å². The molecule has 1 heterocycles. The maximum atomic E-state index is 12.9. The van der Waals surface area contributed by atoms with Gasteiger partial charge in [-0.1, -0.05) is 31.2 Å². The molecule has 96 valence electrons. The average molecular weight is 278 g/mol. The van der Waals surface area contributed by atoms with E-state index in [0.29, 0.717) is 6.61 Å². The Bertz CT molecular complexity index is 442. The summed E-state index contributed by atoms with van der Waals surface area (Å²) in [5, 5.41) is -0.0709. The highest BCUT2D eigenvalue weighted by atomic mass is 35.5. The number of halogens is 2. The van der Waals surface area contributed by atoms with E-state index in [1.165, 1.54) is 10.8 Å². The van der Waals surface area contributed by atoms with Crippen molar-refractivity contribution in [1.29, 1.82) is 0 Å². The molecule has 0 aromatic carbocycles. The highest BCUT2D eigenvalue weighted by Gasteiger charge is 2.12. The van der Waals surface area contributed by atoms with E-state index in [9.17, 15) is 9.18 Å². The zero-order valence-electron chi connectivity index (χ0n) is 10.3. The van der Waals surface area contributed by atoms with Gasteiger partial charge in [-0.15, -0.1) is 0 Å². The van der Waals surface area contributed by atoms with Gasteiger partial charge in [0.1, 0.15) is 12.5 Å². The first-order valence-corrected chi connectivity index (χ1v) is 9.51. The molecule has 3 nitrogen and oxygen atoms in total. The molecule has 0 aliphatic rings. The third kappa shape index (κ3) is 5.02. The van der Waals surface area contributed by atoms with Crippen LogP contribution in [0, 0.1) is 5.82 Å². The maximum absolute atomic E-state index is 12.9. The van der Waals surface area contributed by atoms with Crippen molar-refractivity contribution in [2.75, 3.05) is 6.61 Å². The van der Waals surface area contributed by atoms with Crippen molar-refractivity contribution < 1.29 is 9.13 Å². The van der Waals surface area contributed by atoms with Gasteiger partial charge in [0.25, 0.3) is 5.56 Å². The van der Waals surface area contributed by atoms with Crippen molar-refractivity contribution in [2.24, 2.45) is 0 Å². The first-order chi connectivity index (χ1) is 7.79. The summed E-state index contributed by atoms with van der Waals surface area (Å²) in [6, 6.07) is 1.89. The number of nitrogens with zero attached hydrogens (tertiary/aromatic N) is 1. The molecule has 0 spiro atoms. The summed E-state index contributed by atoms with van der Waals surface area (Å²) in [6.07, 6.45) is 1.26. The lowest BCUT2D eigenvalue weighted by atomic mass is 10.4. The molecule has 0 saturated heterocycles. The van der Waals surface area contributed by atoms with Gasteiger partial charge in [-0.3, -0.25) is 9.36 Å². The second-order valence-corrected chi connectivity index (χ2v) is 11.2. The molecule has 0 aliphatic carbocycles. The fraction of sp³-hybridized carbons (Fsp3) is 0.545. The molecule has 0 amide bonds. The highest BCUT2D eigenvalue weighted by molar-refractivity contribution is 6.76. The van der Waals surface area contributed by atoms with Crippen molar-refractivity contribution in [3.63, 3.8) is 0 Å². The van der Waals surface area contributed by atoms with Gasteiger partial charge in [-0.05, 0) is 6.04 Å². The monoisotopic (exact) mass is 277 g/mol. The van der Waals surface area contributed by atoms with Gasteiger partial charge in [-0.2, -0.15) is 0 Å². The largest absolute Gasteiger partial charge is 0.361 e. The number of hydrogen-bond acceptors (Lipinski definition) is 2. The summed E-state index contributed by atoms with van der Waals surface area (Å²) in [6.45, 7) is 7.46. The second-order valence-electron chi connectivity index (χ2n) is 5.13. The Kier molecular flexibility index (Phi) is 4.91. The zero-order valence-corrected chi connectivity index (χ0v) is 12.1. The number of aromatic nitrogens is 1. The van der Waals surface area contributed by atoms with Crippen LogP contribution in [-0.4, -0.2) is 19.2 Å². The molecule has 0 saturated carbocycles. The molecule has 1 rings (SSSR count). The van der Waals surface area contributed by atoms with Crippen LogP contribution >= 0.6 is 11.6 Å². The van der Waals surface area contributed by atoms with Crippen molar-refractivity contribution in [2.45, 2.75) is 32.4 Å². The minimum Gasteiger partial charge on any atom is -0.361 e. The molecule has 0 fully saturated rings.